The maximum Gasteiger partial charge on any atom is 0.248 e. The highest BCUT2D eigenvalue weighted by atomic mass is 79.9. The van der Waals surface area contributed by atoms with Gasteiger partial charge in [0, 0.05) is 21.5 Å². The number of fused-ring (bicyclic) bond motifs is 1. The third kappa shape index (κ3) is 4.91. The molecule has 5 rings (SSSR count). The van der Waals surface area contributed by atoms with E-state index in [1.807, 2.05) is 76.2 Å². The predicted octanol–water partition coefficient (Wildman–Crippen LogP) is 4.75. The van der Waals surface area contributed by atoms with Crippen molar-refractivity contribution >= 4 is 56.8 Å². The summed E-state index contributed by atoms with van der Waals surface area (Å²) in [6.45, 7) is 7.75. The number of carbonyl (C=O) groups is 3. The number of halogens is 1. The highest BCUT2D eigenvalue weighted by molar-refractivity contribution is 9.09. The van der Waals surface area contributed by atoms with E-state index >= 15 is 0 Å². The minimum atomic E-state index is -0.810. The van der Waals surface area contributed by atoms with Crippen LogP contribution in [0.2, 0.25) is 0 Å². The standard InChI is InChI=1S/C30H36BrN3O4S/c1-16(2)12-20(15-35)34-26(28(37)33-22-13-17(3)10-11-18(22)4)30-14-21(31)25(39-30)23(24(30)29(34)38)27(36)32-19-8-6-5-7-9-19/h5-11,13,16,20-21,23-26,35H,12,14-15H2,1-4H3,(H,32,36)(H,33,37)/t20-,21?,23-,24+,25-,26?,30?/m1/s1. The normalized spacial score (nSPS) is 30.0. The summed E-state index contributed by atoms with van der Waals surface area (Å²) in [5.74, 6) is -1.72. The van der Waals surface area contributed by atoms with E-state index in [4.69, 9.17) is 0 Å². The van der Waals surface area contributed by atoms with Crippen LogP contribution < -0.4 is 10.6 Å². The molecule has 2 bridgehead atoms. The lowest BCUT2D eigenvalue weighted by Gasteiger charge is -2.38. The molecule has 0 aliphatic carbocycles. The molecule has 3 saturated heterocycles. The summed E-state index contributed by atoms with van der Waals surface area (Å²) in [6, 6.07) is 13.8. The van der Waals surface area contributed by atoms with E-state index in [1.54, 1.807) is 16.7 Å². The third-order valence-corrected chi connectivity index (χ3v) is 11.5. The van der Waals surface area contributed by atoms with Gasteiger partial charge in [-0.05, 0) is 61.9 Å². The van der Waals surface area contributed by atoms with Crippen molar-refractivity contribution in [3.8, 4) is 0 Å². The molecule has 3 N–H and O–H groups in total. The summed E-state index contributed by atoms with van der Waals surface area (Å²) in [5.41, 5.74) is 3.34. The maximum absolute atomic E-state index is 14.3. The number of anilines is 2. The highest BCUT2D eigenvalue weighted by Gasteiger charge is 2.76. The van der Waals surface area contributed by atoms with Gasteiger partial charge in [-0.2, -0.15) is 0 Å². The van der Waals surface area contributed by atoms with Crippen molar-refractivity contribution in [2.75, 3.05) is 17.2 Å². The number of para-hydroxylation sites is 1. The van der Waals surface area contributed by atoms with E-state index in [9.17, 15) is 19.5 Å². The Morgan fingerprint density at radius 3 is 2.51 bits per heavy atom. The largest absolute Gasteiger partial charge is 0.394 e. The number of benzene rings is 2. The number of carbonyl (C=O) groups excluding carboxylic acids is 3. The molecule has 0 saturated carbocycles. The van der Waals surface area contributed by atoms with Gasteiger partial charge in [0.1, 0.15) is 6.04 Å². The number of thioether (sulfide) groups is 1. The van der Waals surface area contributed by atoms with Crippen LogP contribution in [0.4, 0.5) is 11.4 Å². The molecule has 3 fully saturated rings. The Labute approximate surface area is 242 Å². The molecule has 3 unspecified atom stereocenters. The average molecular weight is 615 g/mol. The van der Waals surface area contributed by atoms with Crippen molar-refractivity contribution in [1.29, 1.82) is 0 Å². The van der Waals surface area contributed by atoms with E-state index in [1.165, 1.54) is 0 Å². The van der Waals surface area contributed by atoms with Crippen LogP contribution >= 0.6 is 27.7 Å². The van der Waals surface area contributed by atoms with Crippen LogP contribution in [-0.2, 0) is 14.4 Å². The molecule has 7 nitrogen and oxygen atoms in total. The SMILES string of the molecule is Cc1ccc(C)c(NC(=O)C2N([C@@H](CO)CC(C)C)C(=O)[C@@H]3[C@@H](C(=O)Nc4ccccc4)[C@@H]4SC23CC4Br)c1. The first-order chi connectivity index (χ1) is 18.6. The average Bonchev–Trinajstić information content (AvgIpc) is 3.48. The van der Waals surface area contributed by atoms with Crippen molar-refractivity contribution in [2.45, 2.75) is 67.4 Å². The number of amides is 3. The van der Waals surface area contributed by atoms with Crippen LogP contribution in [-0.4, -0.2) is 61.2 Å². The van der Waals surface area contributed by atoms with Crippen molar-refractivity contribution in [3.05, 3.63) is 59.7 Å². The quantitative estimate of drug-likeness (QED) is 0.373. The first-order valence-electron chi connectivity index (χ1n) is 13.6. The Morgan fingerprint density at radius 2 is 1.85 bits per heavy atom. The number of nitrogens with zero attached hydrogens (tertiary/aromatic N) is 1. The molecule has 39 heavy (non-hydrogen) atoms. The van der Waals surface area contributed by atoms with Gasteiger partial charge in [-0.3, -0.25) is 14.4 Å². The van der Waals surface area contributed by atoms with Gasteiger partial charge in [0.25, 0.3) is 0 Å². The number of hydrogen-bond acceptors (Lipinski definition) is 5. The van der Waals surface area contributed by atoms with Crippen LogP contribution in [0, 0.1) is 31.6 Å². The number of hydrogen-bond donors (Lipinski definition) is 3. The van der Waals surface area contributed by atoms with Gasteiger partial charge in [-0.15, -0.1) is 11.8 Å². The second-order valence-corrected chi connectivity index (χ2v) is 14.3. The smallest absolute Gasteiger partial charge is 0.248 e. The topological polar surface area (TPSA) is 98.7 Å². The fraction of sp³-hybridized carbons (Fsp3) is 0.500. The lowest BCUT2D eigenvalue weighted by atomic mass is 9.70. The van der Waals surface area contributed by atoms with Gasteiger partial charge in [0.2, 0.25) is 17.7 Å². The van der Waals surface area contributed by atoms with Gasteiger partial charge in [-0.25, -0.2) is 0 Å². The van der Waals surface area contributed by atoms with E-state index in [0.717, 1.165) is 11.1 Å². The molecule has 208 valence electrons. The molecular formula is C30H36BrN3O4S. The van der Waals surface area contributed by atoms with Crippen molar-refractivity contribution in [1.82, 2.24) is 4.90 Å². The number of aliphatic hydroxyl groups excluding tert-OH is 1. The molecule has 0 aromatic heterocycles. The van der Waals surface area contributed by atoms with E-state index in [2.05, 4.69) is 26.6 Å². The summed E-state index contributed by atoms with van der Waals surface area (Å²) < 4.78 is -0.777. The zero-order chi connectivity index (χ0) is 28.1. The van der Waals surface area contributed by atoms with Gasteiger partial charge < -0.3 is 20.6 Å². The number of aryl methyl sites for hydroxylation is 2. The Bertz CT molecular complexity index is 1270. The molecule has 0 radical (unpaired) electrons. The minimum Gasteiger partial charge on any atom is -0.394 e. The van der Waals surface area contributed by atoms with Crippen LogP contribution in [0.1, 0.15) is 37.8 Å². The fourth-order valence-corrected chi connectivity index (χ4v) is 10.3. The molecule has 3 heterocycles. The second kappa shape index (κ2) is 10.9. The lowest BCUT2D eigenvalue weighted by molar-refractivity contribution is -0.141. The fourth-order valence-electron chi connectivity index (χ4n) is 6.70. The first-order valence-corrected chi connectivity index (χ1v) is 15.4. The van der Waals surface area contributed by atoms with E-state index in [-0.39, 0.29) is 40.3 Å². The number of likely N-dealkylation sites (tertiary alicyclic amines) is 1. The Morgan fingerprint density at radius 1 is 1.13 bits per heavy atom. The first kappa shape index (κ1) is 28.2. The monoisotopic (exact) mass is 613 g/mol. The van der Waals surface area contributed by atoms with Gasteiger partial charge in [0.05, 0.1) is 29.2 Å². The van der Waals surface area contributed by atoms with E-state index in [0.29, 0.717) is 24.2 Å². The lowest BCUT2D eigenvalue weighted by Crippen LogP contribution is -2.55. The molecule has 3 aliphatic rings. The molecule has 3 aliphatic heterocycles. The zero-order valence-electron chi connectivity index (χ0n) is 22.7. The van der Waals surface area contributed by atoms with E-state index < -0.39 is 28.7 Å². The third-order valence-electron chi connectivity index (χ3n) is 8.32. The minimum absolute atomic E-state index is 0.0216. The van der Waals surface area contributed by atoms with Crippen LogP contribution in [0.5, 0.6) is 0 Å². The molecule has 9 heteroatoms. The number of rotatable bonds is 8. The molecule has 2 aromatic carbocycles. The summed E-state index contributed by atoms with van der Waals surface area (Å²) in [7, 11) is 0. The van der Waals surface area contributed by atoms with Crippen LogP contribution in [0.3, 0.4) is 0 Å². The molecule has 7 atom stereocenters. The summed E-state index contributed by atoms with van der Waals surface area (Å²) in [5, 5.41) is 16.4. The Hall–Kier alpha value is -2.36. The second-order valence-electron chi connectivity index (χ2n) is 11.5. The van der Waals surface area contributed by atoms with Crippen molar-refractivity contribution < 1.29 is 19.5 Å². The molecule has 3 amide bonds. The zero-order valence-corrected chi connectivity index (χ0v) is 25.1. The number of aliphatic hydroxyl groups is 1. The Balaban J connectivity index is 1.55. The van der Waals surface area contributed by atoms with Gasteiger partial charge in [0.15, 0.2) is 0 Å². The Kier molecular flexibility index (Phi) is 7.87. The number of alkyl halides is 1. The van der Waals surface area contributed by atoms with Gasteiger partial charge >= 0.3 is 0 Å². The van der Waals surface area contributed by atoms with Crippen LogP contribution in [0.25, 0.3) is 0 Å². The molecule has 2 aromatic rings. The molecular weight excluding hydrogens is 578 g/mol. The highest BCUT2D eigenvalue weighted by Crippen LogP contribution is 2.68. The predicted molar refractivity (Wildman–Crippen MR) is 159 cm³/mol. The summed E-state index contributed by atoms with van der Waals surface area (Å²) in [6.07, 6.45) is 1.15. The summed E-state index contributed by atoms with van der Waals surface area (Å²) >= 11 is 5.41. The van der Waals surface area contributed by atoms with Gasteiger partial charge in [-0.1, -0.05) is 60.1 Å². The summed E-state index contributed by atoms with van der Waals surface area (Å²) in [4.78, 5) is 43.9. The number of nitrogens with one attached hydrogen (secondary N) is 2. The van der Waals surface area contributed by atoms with Crippen molar-refractivity contribution in [3.63, 3.8) is 0 Å². The molecule has 1 spiro atoms. The maximum atomic E-state index is 14.3. The van der Waals surface area contributed by atoms with Crippen molar-refractivity contribution in [2.24, 2.45) is 17.8 Å². The van der Waals surface area contributed by atoms with Crippen LogP contribution in [0.15, 0.2) is 48.5 Å².